The van der Waals surface area contributed by atoms with Crippen LogP contribution >= 0.6 is 0 Å². The minimum atomic E-state index is -1.10. The Bertz CT molecular complexity index is 717. The lowest BCUT2D eigenvalue weighted by atomic mass is 9.98. The van der Waals surface area contributed by atoms with Crippen LogP contribution < -0.4 is 5.69 Å². The molecule has 0 fully saturated rings. The van der Waals surface area contributed by atoms with E-state index in [4.69, 9.17) is 0 Å². The van der Waals surface area contributed by atoms with Crippen molar-refractivity contribution in [3.63, 3.8) is 0 Å². The summed E-state index contributed by atoms with van der Waals surface area (Å²) in [7, 11) is 0. The van der Waals surface area contributed by atoms with E-state index >= 15 is 0 Å². The van der Waals surface area contributed by atoms with Crippen molar-refractivity contribution in [1.29, 1.82) is 0 Å². The summed E-state index contributed by atoms with van der Waals surface area (Å²) in [5.74, 6) is -1.10. The molecule has 0 spiro atoms. The van der Waals surface area contributed by atoms with E-state index in [1.165, 1.54) is 0 Å². The van der Waals surface area contributed by atoms with Crippen LogP contribution in [0.25, 0.3) is 11.3 Å². The molecule has 0 amide bonds. The van der Waals surface area contributed by atoms with Crippen LogP contribution in [-0.2, 0) is 0 Å². The molecule has 0 aliphatic heterocycles. The van der Waals surface area contributed by atoms with Gasteiger partial charge in [0.05, 0.1) is 5.69 Å². The largest absolute Gasteiger partial charge is 0.478 e. The zero-order chi connectivity index (χ0) is 14.2. The van der Waals surface area contributed by atoms with Crippen LogP contribution in [0.1, 0.15) is 27.2 Å². The maximum absolute atomic E-state index is 11.5. The standard InChI is InChI=1S/C14H14N2O3/c1-7-4-5-8(2)10(6-7)12-11(13(17)18)9(3)15-14(19)16-12/h4-6H,1-3H3,(H,17,18)(H,15,16,19). The lowest BCUT2D eigenvalue weighted by Crippen LogP contribution is -2.18. The molecule has 0 unspecified atom stereocenters. The van der Waals surface area contributed by atoms with E-state index in [-0.39, 0.29) is 11.3 Å². The van der Waals surface area contributed by atoms with Gasteiger partial charge in [0.25, 0.3) is 0 Å². The number of benzene rings is 1. The topological polar surface area (TPSA) is 83.0 Å². The van der Waals surface area contributed by atoms with Crippen molar-refractivity contribution < 1.29 is 9.90 Å². The third-order valence-corrected chi connectivity index (χ3v) is 2.98. The number of H-pyrrole nitrogens is 1. The Morgan fingerprint density at radius 1 is 1.26 bits per heavy atom. The molecule has 5 nitrogen and oxygen atoms in total. The monoisotopic (exact) mass is 258 g/mol. The number of carboxylic acids is 1. The highest BCUT2D eigenvalue weighted by Gasteiger charge is 2.19. The Labute approximate surface area is 110 Å². The Hall–Kier alpha value is -2.43. The highest BCUT2D eigenvalue weighted by atomic mass is 16.4. The number of carboxylic acid groups (broad SMARTS) is 1. The quantitative estimate of drug-likeness (QED) is 0.863. The number of rotatable bonds is 2. The highest BCUT2D eigenvalue weighted by Crippen LogP contribution is 2.26. The lowest BCUT2D eigenvalue weighted by Gasteiger charge is -2.10. The second-order valence-electron chi connectivity index (χ2n) is 4.51. The second-order valence-corrected chi connectivity index (χ2v) is 4.51. The van der Waals surface area contributed by atoms with Crippen molar-refractivity contribution in [2.24, 2.45) is 0 Å². The molecule has 0 radical (unpaired) electrons. The van der Waals surface area contributed by atoms with Gasteiger partial charge >= 0.3 is 11.7 Å². The van der Waals surface area contributed by atoms with Crippen molar-refractivity contribution in [2.45, 2.75) is 20.8 Å². The first-order chi connectivity index (χ1) is 8.90. The SMILES string of the molecule is Cc1ccc(C)c(-c2nc(=O)[nH]c(C)c2C(=O)O)c1. The molecule has 19 heavy (non-hydrogen) atoms. The van der Waals surface area contributed by atoms with Crippen LogP contribution in [-0.4, -0.2) is 21.0 Å². The van der Waals surface area contributed by atoms with Crippen LogP contribution in [0.2, 0.25) is 0 Å². The van der Waals surface area contributed by atoms with Crippen LogP contribution in [0.3, 0.4) is 0 Å². The van der Waals surface area contributed by atoms with Crippen molar-refractivity contribution in [1.82, 2.24) is 9.97 Å². The molecule has 1 heterocycles. The van der Waals surface area contributed by atoms with E-state index in [9.17, 15) is 14.7 Å². The van der Waals surface area contributed by atoms with Gasteiger partial charge in [0.2, 0.25) is 0 Å². The Morgan fingerprint density at radius 3 is 2.58 bits per heavy atom. The first kappa shape index (κ1) is 13.0. The normalized spacial score (nSPS) is 10.5. The van der Waals surface area contributed by atoms with E-state index in [0.717, 1.165) is 11.1 Å². The van der Waals surface area contributed by atoms with Crippen molar-refractivity contribution in [2.75, 3.05) is 0 Å². The van der Waals surface area contributed by atoms with E-state index in [1.807, 2.05) is 32.0 Å². The van der Waals surface area contributed by atoms with Gasteiger partial charge in [-0.3, -0.25) is 0 Å². The van der Waals surface area contributed by atoms with Gasteiger partial charge in [-0.1, -0.05) is 17.7 Å². The summed E-state index contributed by atoms with van der Waals surface area (Å²) >= 11 is 0. The smallest absolute Gasteiger partial charge is 0.345 e. The molecule has 0 aliphatic carbocycles. The fourth-order valence-corrected chi connectivity index (χ4v) is 2.03. The number of hydrogen-bond donors (Lipinski definition) is 2. The van der Waals surface area contributed by atoms with E-state index < -0.39 is 11.7 Å². The molecule has 0 atom stereocenters. The number of nitrogens with one attached hydrogen (secondary N) is 1. The predicted molar refractivity (Wildman–Crippen MR) is 71.5 cm³/mol. The number of aryl methyl sites for hydroxylation is 3. The molecule has 0 bridgehead atoms. The van der Waals surface area contributed by atoms with Crippen LogP contribution in [0.4, 0.5) is 0 Å². The minimum Gasteiger partial charge on any atom is -0.478 e. The number of carbonyl (C=O) groups is 1. The third-order valence-electron chi connectivity index (χ3n) is 2.98. The molecule has 0 saturated heterocycles. The zero-order valence-corrected chi connectivity index (χ0v) is 10.9. The highest BCUT2D eigenvalue weighted by molar-refractivity contribution is 5.96. The molecule has 0 aliphatic rings. The fourth-order valence-electron chi connectivity index (χ4n) is 2.03. The number of aromatic nitrogens is 2. The molecule has 1 aromatic carbocycles. The van der Waals surface area contributed by atoms with Crippen molar-refractivity contribution in [3.05, 3.63) is 51.1 Å². The van der Waals surface area contributed by atoms with Crippen LogP contribution in [0.15, 0.2) is 23.0 Å². The van der Waals surface area contributed by atoms with Gasteiger partial charge in [-0.05, 0) is 32.4 Å². The van der Waals surface area contributed by atoms with E-state index in [2.05, 4.69) is 9.97 Å². The maximum atomic E-state index is 11.5. The van der Waals surface area contributed by atoms with Gasteiger partial charge < -0.3 is 10.1 Å². The summed E-state index contributed by atoms with van der Waals surface area (Å²) in [5.41, 5.74) is 2.55. The molecule has 0 saturated carbocycles. The Kier molecular flexibility index (Phi) is 3.21. The van der Waals surface area contributed by atoms with Crippen molar-refractivity contribution >= 4 is 5.97 Å². The number of aromatic carboxylic acids is 1. The number of nitrogens with zero attached hydrogens (tertiary/aromatic N) is 1. The first-order valence-electron chi connectivity index (χ1n) is 5.82. The molecule has 98 valence electrons. The number of aromatic amines is 1. The van der Waals surface area contributed by atoms with Gasteiger partial charge in [0.15, 0.2) is 0 Å². The number of hydrogen-bond acceptors (Lipinski definition) is 3. The fraction of sp³-hybridized carbons (Fsp3) is 0.214. The van der Waals surface area contributed by atoms with Gasteiger partial charge in [0, 0.05) is 11.3 Å². The lowest BCUT2D eigenvalue weighted by molar-refractivity contribution is 0.0696. The zero-order valence-electron chi connectivity index (χ0n) is 10.9. The molecule has 1 aromatic heterocycles. The molecule has 5 heteroatoms. The second kappa shape index (κ2) is 4.68. The molecule has 2 N–H and O–H groups in total. The van der Waals surface area contributed by atoms with Crippen LogP contribution in [0.5, 0.6) is 0 Å². The third kappa shape index (κ3) is 2.40. The summed E-state index contributed by atoms with van der Waals surface area (Å²) in [6.45, 7) is 5.32. The summed E-state index contributed by atoms with van der Waals surface area (Å²) in [4.78, 5) is 29.1. The Balaban J connectivity index is 2.85. The summed E-state index contributed by atoms with van der Waals surface area (Å²) in [5, 5.41) is 9.30. The predicted octanol–water partition coefficient (Wildman–Crippen LogP) is 2.06. The van der Waals surface area contributed by atoms with E-state index in [1.54, 1.807) is 6.92 Å². The molecule has 2 aromatic rings. The first-order valence-corrected chi connectivity index (χ1v) is 5.82. The van der Waals surface area contributed by atoms with E-state index in [0.29, 0.717) is 11.3 Å². The summed E-state index contributed by atoms with van der Waals surface area (Å²) < 4.78 is 0. The maximum Gasteiger partial charge on any atom is 0.345 e. The van der Waals surface area contributed by atoms with Crippen LogP contribution in [0, 0.1) is 20.8 Å². The molecular formula is C14H14N2O3. The molecule has 2 rings (SSSR count). The van der Waals surface area contributed by atoms with Gasteiger partial charge in [-0.25, -0.2) is 9.59 Å². The van der Waals surface area contributed by atoms with Gasteiger partial charge in [-0.2, -0.15) is 4.98 Å². The minimum absolute atomic E-state index is 0.0355. The average molecular weight is 258 g/mol. The summed E-state index contributed by atoms with van der Waals surface area (Å²) in [6, 6.07) is 5.65. The van der Waals surface area contributed by atoms with Gasteiger partial charge in [-0.15, -0.1) is 0 Å². The summed E-state index contributed by atoms with van der Waals surface area (Å²) in [6.07, 6.45) is 0. The van der Waals surface area contributed by atoms with Crippen molar-refractivity contribution in [3.8, 4) is 11.3 Å². The average Bonchev–Trinajstić information content (AvgIpc) is 2.30. The Morgan fingerprint density at radius 2 is 1.95 bits per heavy atom. The van der Waals surface area contributed by atoms with Gasteiger partial charge in [0.1, 0.15) is 5.56 Å². The molecular weight excluding hydrogens is 244 g/mol.